The van der Waals surface area contributed by atoms with Gasteiger partial charge in [-0.2, -0.15) is 0 Å². The summed E-state index contributed by atoms with van der Waals surface area (Å²) in [7, 11) is -1.42. The van der Waals surface area contributed by atoms with E-state index < -0.39 is 8.40 Å². The quantitative estimate of drug-likeness (QED) is 0.479. The lowest BCUT2D eigenvalue weighted by atomic mass is 10.4. The number of nitrogens with zero attached hydrogens (tertiary/aromatic N) is 2. The zero-order valence-corrected chi connectivity index (χ0v) is 15.5. The summed E-state index contributed by atoms with van der Waals surface area (Å²) in [5.74, 6) is 0. The van der Waals surface area contributed by atoms with Crippen LogP contribution in [-0.4, -0.2) is 43.7 Å². The topological polar surface area (TPSA) is 6.48 Å². The summed E-state index contributed by atoms with van der Waals surface area (Å²) < 4.78 is 5.80. The molecule has 0 fully saturated rings. The van der Waals surface area contributed by atoms with Crippen LogP contribution in [0.5, 0.6) is 0 Å². The van der Waals surface area contributed by atoms with E-state index in [1.165, 1.54) is 64.0 Å². The molecule has 0 N–H and O–H groups in total. The molecule has 0 aromatic carbocycles. The van der Waals surface area contributed by atoms with Crippen LogP contribution in [0.15, 0.2) is 0 Å². The zero-order chi connectivity index (χ0) is 14.7. The largest absolute Gasteiger partial charge is 0.312 e. The molecule has 2 nitrogen and oxygen atoms in total. The van der Waals surface area contributed by atoms with Crippen LogP contribution in [0.25, 0.3) is 0 Å². The van der Waals surface area contributed by atoms with Crippen molar-refractivity contribution in [1.29, 1.82) is 0 Å². The van der Waals surface area contributed by atoms with E-state index in [-0.39, 0.29) is 0 Å². The van der Waals surface area contributed by atoms with Crippen molar-refractivity contribution in [2.24, 2.45) is 0 Å². The fraction of sp³-hybridized carbons (Fsp3) is 1.00. The fourth-order valence-electron chi connectivity index (χ4n) is 3.48. The molecule has 0 aromatic rings. The van der Waals surface area contributed by atoms with Gasteiger partial charge in [0.1, 0.15) is 0 Å². The number of hydrogen-bond acceptors (Lipinski definition) is 2. The maximum absolute atomic E-state index is 2.90. The maximum Gasteiger partial charge on any atom is 0.206 e. The van der Waals surface area contributed by atoms with Gasteiger partial charge in [0.05, 0.1) is 0 Å². The van der Waals surface area contributed by atoms with Crippen LogP contribution in [0.3, 0.4) is 0 Å². The van der Waals surface area contributed by atoms with Crippen molar-refractivity contribution in [3.63, 3.8) is 0 Å². The van der Waals surface area contributed by atoms with Crippen molar-refractivity contribution in [2.45, 2.75) is 79.3 Å². The molecule has 116 valence electrons. The number of hydrogen-bond donors (Lipinski definition) is 0. The Bertz CT molecular complexity index is 175. The molecule has 0 aromatic heterocycles. The second-order valence-electron chi connectivity index (χ2n) is 5.66. The predicted octanol–water partition coefficient (Wildman–Crippen LogP) is 4.71. The Morgan fingerprint density at radius 1 is 0.526 bits per heavy atom. The lowest BCUT2D eigenvalue weighted by Crippen LogP contribution is -2.65. The van der Waals surface area contributed by atoms with Crippen molar-refractivity contribution in [1.82, 2.24) is 9.13 Å². The highest BCUT2D eigenvalue weighted by atomic mass is 28.3. The fourth-order valence-corrected chi connectivity index (χ4v) is 8.73. The Labute approximate surface area is 123 Å². The lowest BCUT2D eigenvalue weighted by molar-refractivity contribution is 0.313. The third-order valence-electron chi connectivity index (χ3n) is 4.28. The summed E-state index contributed by atoms with van der Waals surface area (Å²) in [6, 6.07) is 2.76. The molecular formula is C16H38N2Si. The summed E-state index contributed by atoms with van der Waals surface area (Å²) in [4.78, 5) is 0. The number of rotatable bonds is 12. The summed E-state index contributed by atoms with van der Waals surface area (Å²) >= 11 is 0. The lowest BCUT2D eigenvalue weighted by Gasteiger charge is -2.49. The van der Waals surface area contributed by atoms with Crippen LogP contribution < -0.4 is 0 Å². The molecule has 0 atom stereocenters. The Balaban J connectivity index is 5.21. The van der Waals surface area contributed by atoms with E-state index in [2.05, 4.69) is 50.7 Å². The first kappa shape index (κ1) is 19.1. The van der Waals surface area contributed by atoms with Crippen molar-refractivity contribution in [2.75, 3.05) is 26.2 Å². The average Bonchev–Trinajstić information content (AvgIpc) is 2.41. The molecule has 0 rings (SSSR count). The first-order chi connectivity index (χ1) is 9.16. The minimum absolute atomic E-state index is 1.29. The highest BCUT2D eigenvalue weighted by Gasteiger charge is 2.41. The Hall–Kier alpha value is 0.137. The van der Waals surface area contributed by atoms with Crippen LogP contribution in [0, 0.1) is 0 Å². The van der Waals surface area contributed by atoms with Crippen molar-refractivity contribution in [3.8, 4) is 0 Å². The molecule has 0 amide bonds. The zero-order valence-electron chi connectivity index (χ0n) is 14.5. The van der Waals surface area contributed by atoms with Crippen molar-refractivity contribution < 1.29 is 0 Å². The Morgan fingerprint density at radius 3 is 0.947 bits per heavy atom. The molecule has 0 saturated heterocycles. The Kier molecular flexibility index (Phi) is 10.9. The van der Waals surface area contributed by atoms with Gasteiger partial charge in [0.15, 0.2) is 0 Å². The standard InChI is InChI=1S/C16H38N2Si/c1-7-13-17(14-8-2)19(11-5,12-6)18(15-9-3)16-10-4/h7-16H2,1-6H3. The van der Waals surface area contributed by atoms with E-state index in [0.717, 1.165) is 0 Å². The van der Waals surface area contributed by atoms with Gasteiger partial charge in [-0.1, -0.05) is 41.5 Å². The van der Waals surface area contributed by atoms with Gasteiger partial charge in [0, 0.05) is 0 Å². The third kappa shape index (κ3) is 5.20. The second kappa shape index (κ2) is 10.9. The minimum Gasteiger partial charge on any atom is -0.312 e. The molecule has 0 radical (unpaired) electrons. The van der Waals surface area contributed by atoms with Crippen LogP contribution in [0.4, 0.5) is 0 Å². The van der Waals surface area contributed by atoms with Gasteiger partial charge in [-0.3, -0.25) is 0 Å². The monoisotopic (exact) mass is 286 g/mol. The summed E-state index contributed by atoms with van der Waals surface area (Å²) in [6.07, 6.45) is 5.17. The van der Waals surface area contributed by atoms with Gasteiger partial charge < -0.3 is 9.13 Å². The third-order valence-corrected chi connectivity index (χ3v) is 9.80. The molecule has 0 aliphatic rings. The minimum atomic E-state index is -1.42. The molecule has 0 heterocycles. The highest BCUT2D eigenvalue weighted by molar-refractivity contribution is 6.74. The summed E-state index contributed by atoms with van der Waals surface area (Å²) in [5, 5.41) is 0. The van der Waals surface area contributed by atoms with Gasteiger partial charge in [0.2, 0.25) is 8.40 Å². The van der Waals surface area contributed by atoms with E-state index in [1.54, 1.807) is 0 Å². The molecule has 0 aliphatic heterocycles. The Morgan fingerprint density at radius 2 is 0.789 bits per heavy atom. The molecule has 19 heavy (non-hydrogen) atoms. The first-order valence-corrected chi connectivity index (χ1v) is 11.0. The van der Waals surface area contributed by atoms with Crippen molar-refractivity contribution in [3.05, 3.63) is 0 Å². The molecule has 0 bridgehead atoms. The van der Waals surface area contributed by atoms with Crippen LogP contribution >= 0.6 is 0 Å². The van der Waals surface area contributed by atoms with Crippen LogP contribution in [0.1, 0.15) is 67.2 Å². The average molecular weight is 287 g/mol. The second-order valence-corrected chi connectivity index (χ2v) is 10.3. The first-order valence-electron chi connectivity index (χ1n) is 8.66. The molecule has 0 aliphatic carbocycles. The molecule has 0 spiro atoms. The van der Waals surface area contributed by atoms with E-state index in [1.807, 2.05) is 0 Å². The molecule has 0 saturated carbocycles. The molecule has 0 unspecified atom stereocenters. The summed E-state index contributed by atoms with van der Waals surface area (Å²) in [6.45, 7) is 19.4. The smallest absolute Gasteiger partial charge is 0.206 e. The van der Waals surface area contributed by atoms with Crippen molar-refractivity contribution >= 4 is 8.40 Å². The van der Waals surface area contributed by atoms with Gasteiger partial charge in [-0.15, -0.1) is 0 Å². The SMILES string of the molecule is CCCN(CCC)[Si](CC)(CC)N(CCC)CCC. The van der Waals surface area contributed by atoms with E-state index in [4.69, 9.17) is 0 Å². The normalized spacial score (nSPS) is 12.6. The van der Waals surface area contributed by atoms with E-state index in [0.29, 0.717) is 0 Å². The molecule has 3 heteroatoms. The van der Waals surface area contributed by atoms with Gasteiger partial charge >= 0.3 is 0 Å². The van der Waals surface area contributed by atoms with E-state index in [9.17, 15) is 0 Å². The maximum atomic E-state index is 2.90. The predicted molar refractivity (Wildman–Crippen MR) is 91.0 cm³/mol. The van der Waals surface area contributed by atoms with Gasteiger partial charge in [0.25, 0.3) is 0 Å². The van der Waals surface area contributed by atoms with Crippen LogP contribution in [-0.2, 0) is 0 Å². The van der Waals surface area contributed by atoms with Gasteiger partial charge in [-0.25, -0.2) is 0 Å². The van der Waals surface area contributed by atoms with E-state index >= 15 is 0 Å². The highest BCUT2D eigenvalue weighted by Crippen LogP contribution is 2.26. The van der Waals surface area contributed by atoms with Gasteiger partial charge in [-0.05, 0) is 64.0 Å². The summed E-state index contributed by atoms with van der Waals surface area (Å²) in [5.41, 5.74) is 0. The van der Waals surface area contributed by atoms with Crippen LogP contribution in [0.2, 0.25) is 12.1 Å². The molecular weight excluding hydrogens is 248 g/mol.